The molecule has 1 heterocycles. The summed E-state index contributed by atoms with van der Waals surface area (Å²) in [5.41, 5.74) is 7.48. The molecule has 1 unspecified atom stereocenters. The summed E-state index contributed by atoms with van der Waals surface area (Å²) < 4.78 is 10.1. The molecule has 1 aromatic rings. The molecular formula is C12H15NO3. The fourth-order valence-corrected chi connectivity index (χ4v) is 2.03. The molecular weight excluding hydrogens is 206 g/mol. The predicted octanol–water partition coefficient (Wildman–Crippen LogP) is 0.934. The van der Waals surface area contributed by atoms with Gasteiger partial charge in [-0.15, -0.1) is 0 Å². The minimum Gasteiger partial charge on any atom is -0.469 e. The van der Waals surface area contributed by atoms with Crippen LogP contribution in [0.1, 0.15) is 17.5 Å². The van der Waals surface area contributed by atoms with Crippen LogP contribution in [0.15, 0.2) is 24.3 Å². The Labute approximate surface area is 94.3 Å². The molecule has 1 aliphatic heterocycles. The first-order valence-corrected chi connectivity index (χ1v) is 5.17. The van der Waals surface area contributed by atoms with Gasteiger partial charge >= 0.3 is 5.97 Å². The zero-order valence-electron chi connectivity index (χ0n) is 9.23. The van der Waals surface area contributed by atoms with Gasteiger partial charge in [-0.05, 0) is 11.1 Å². The summed E-state index contributed by atoms with van der Waals surface area (Å²) in [6.45, 7) is 0.898. The first kappa shape index (κ1) is 11.1. The summed E-state index contributed by atoms with van der Waals surface area (Å²) in [5.74, 6) is -0.317. The average molecular weight is 221 g/mol. The van der Waals surface area contributed by atoms with Gasteiger partial charge in [-0.1, -0.05) is 24.3 Å². The number of methoxy groups -OCH3 is 1. The van der Waals surface area contributed by atoms with E-state index < -0.39 is 5.54 Å². The molecule has 0 aliphatic carbocycles. The van der Waals surface area contributed by atoms with Gasteiger partial charge in [0.2, 0.25) is 0 Å². The maximum Gasteiger partial charge on any atom is 0.307 e. The molecule has 0 fully saturated rings. The molecule has 0 saturated carbocycles. The summed E-state index contributed by atoms with van der Waals surface area (Å²) in [5, 5.41) is 0. The molecule has 4 heteroatoms. The van der Waals surface area contributed by atoms with E-state index in [1.807, 2.05) is 24.3 Å². The molecule has 1 atom stereocenters. The normalized spacial score (nSPS) is 23.6. The van der Waals surface area contributed by atoms with Crippen molar-refractivity contribution in [1.82, 2.24) is 0 Å². The third-order valence-electron chi connectivity index (χ3n) is 2.86. The Morgan fingerprint density at radius 3 is 3.06 bits per heavy atom. The number of nitrogens with two attached hydrogens (primary N) is 1. The molecule has 4 nitrogen and oxygen atoms in total. The van der Waals surface area contributed by atoms with Crippen LogP contribution < -0.4 is 5.73 Å². The molecule has 1 aromatic carbocycles. The molecule has 1 aliphatic rings. The van der Waals surface area contributed by atoms with E-state index in [0.29, 0.717) is 13.2 Å². The maximum absolute atomic E-state index is 11.3. The molecule has 0 bridgehead atoms. The van der Waals surface area contributed by atoms with E-state index in [1.165, 1.54) is 7.11 Å². The highest BCUT2D eigenvalue weighted by molar-refractivity contribution is 5.71. The lowest BCUT2D eigenvalue weighted by Gasteiger charge is -2.34. The highest BCUT2D eigenvalue weighted by atomic mass is 16.5. The van der Waals surface area contributed by atoms with Crippen molar-refractivity contribution >= 4 is 5.97 Å². The number of fused-ring (bicyclic) bond motifs is 1. The van der Waals surface area contributed by atoms with E-state index in [4.69, 9.17) is 10.5 Å². The topological polar surface area (TPSA) is 61.5 Å². The second-order valence-corrected chi connectivity index (χ2v) is 4.06. The van der Waals surface area contributed by atoms with Gasteiger partial charge in [0.15, 0.2) is 0 Å². The fourth-order valence-electron chi connectivity index (χ4n) is 2.03. The number of rotatable bonds is 2. The number of carbonyl (C=O) groups excluding carboxylic acids is 1. The summed E-state index contributed by atoms with van der Waals surface area (Å²) in [6.07, 6.45) is 0.139. The molecule has 2 rings (SSSR count). The Kier molecular flexibility index (Phi) is 2.94. The molecule has 2 N–H and O–H groups in total. The van der Waals surface area contributed by atoms with Crippen molar-refractivity contribution in [1.29, 1.82) is 0 Å². The van der Waals surface area contributed by atoms with Gasteiger partial charge in [-0.3, -0.25) is 4.79 Å². The van der Waals surface area contributed by atoms with E-state index in [9.17, 15) is 4.79 Å². The van der Waals surface area contributed by atoms with Crippen LogP contribution in [0.3, 0.4) is 0 Å². The predicted molar refractivity (Wildman–Crippen MR) is 58.6 cm³/mol. The quantitative estimate of drug-likeness (QED) is 0.755. The second kappa shape index (κ2) is 4.23. The summed E-state index contributed by atoms with van der Waals surface area (Å²) in [6, 6.07) is 7.77. The molecule has 0 aromatic heterocycles. The number of hydrogen-bond donors (Lipinski definition) is 1. The van der Waals surface area contributed by atoms with Gasteiger partial charge in [-0.25, -0.2) is 0 Å². The lowest BCUT2D eigenvalue weighted by Crippen LogP contribution is -2.46. The Morgan fingerprint density at radius 2 is 2.31 bits per heavy atom. The van der Waals surface area contributed by atoms with Gasteiger partial charge in [0, 0.05) is 0 Å². The molecule has 0 saturated heterocycles. The number of ether oxygens (including phenoxy) is 2. The van der Waals surface area contributed by atoms with Crippen molar-refractivity contribution in [2.45, 2.75) is 18.6 Å². The lowest BCUT2D eigenvalue weighted by atomic mass is 9.84. The molecule has 0 radical (unpaired) electrons. The lowest BCUT2D eigenvalue weighted by molar-refractivity contribution is -0.143. The Hall–Kier alpha value is -1.39. The smallest absolute Gasteiger partial charge is 0.307 e. The van der Waals surface area contributed by atoms with E-state index in [0.717, 1.165) is 11.1 Å². The van der Waals surface area contributed by atoms with Crippen LogP contribution in [-0.4, -0.2) is 19.7 Å². The van der Waals surface area contributed by atoms with Crippen LogP contribution in [0.25, 0.3) is 0 Å². The van der Waals surface area contributed by atoms with Crippen LogP contribution in [0.5, 0.6) is 0 Å². The third-order valence-corrected chi connectivity index (χ3v) is 2.86. The highest BCUT2D eigenvalue weighted by Crippen LogP contribution is 2.31. The van der Waals surface area contributed by atoms with Gasteiger partial charge in [0.05, 0.1) is 32.3 Å². The zero-order chi connectivity index (χ0) is 11.6. The van der Waals surface area contributed by atoms with Crippen molar-refractivity contribution in [3.63, 3.8) is 0 Å². The SMILES string of the molecule is COC(=O)CC1(N)COCc2ccccc21. The highest BCUT2D eigenvalue weighted by Gasteiger charge is 2.35. The van der Waals surface area contributed by atoms with Crippen LogP contribution in [0.4, 0.5) is 0 Å². The summed E-state index contributed by atoms with van der Waals surface area (Å²) in [7, 11) is 1.36. The van der Waals surface area contributed by atoms with Gasteiger partial charge in [0.1, 0.15) is 0 Å². The fraction of sp³-hybridized carbons (Fsp3) is 0.417. The van der Waals surface area contributed by atoms with Crippen molar-refractivity contribution in [2.24, 2.45) is 5.73 Å². The largest absolute Gasteiger partial charge is 0.469 e. The summed E-state index contributed by atoms with van der Waals surface area (Å²) >= 11 is 0. The monoisotopic (exact) mass is 221 g/mol. The average Bonchev–Trinajstić information content (AvgIpc) is 2.29. The number of esters is 1. The standard InChI is InChI=1S/C12H15NO3/c1-15-11(14)6-12(13)8-16-7-9-4-2-3-5-10(9)12/h2-5H,6-8,13H2,1H3. The minimum atomic E-state index is -0.762. The van der Waals surface area contributed by atoms with Gasteiger partial charge in [0.25, 0.3) is 0 Å². The Bertz CT molecular complexity index is 405. The van der Waals surface area contributed by atoms with Crippen LogP contribution in [0, 0.1) is 0 Å². The van der Waals surface area contributed by atoms with Gasteiger partial charge < -0.3 is 15.2 Å². The van der Waals surface area contributed by atoms with E-state index >= 15 is 0 Å². The second-order valence-electron chi connectivity index (χ2n) is 4.06. The maximum atomic E-state index is 11.3. The Balaban J connectivity index is 2.32. The van der Waals surface area contributed by atoms with Gasteiger partial charge in [-0.2, -0.15) is 0 Å². The molecule has 0 amide bonds. The molecule has 86 valence electrons. The minimum absolute atomic E-state index is 0.139. The van der Waals surface area contributed by atoms with Crippen molar-refractivity contribution in [3.8, 4) is 0 Å². The third kappa shape index (κ3) is 1.94. The van der Waals surface area contributed by atoms with Crippen molar-refractivity contribution in [3.05, 3.63) is 35.4 Å². The Morgan fingerprint density at radius 1 is 1.56 bits per heavy atom. The zero-order valence-corrected chi connectivity index (χ0v) is 9.23. The number of carbonyl (C=O) groups is 1. The van der Waals surface area contributed by atoms with E-state index in [1.54, 1.807) is 0 Å². The van der Waals surface area contributed by atoms with E-state index in [2.05, 4.69) is 4.74 Å². The van der Waals surface area contributed by atoms with E-state index in [-0.39, 0.29) is 12.4 Å². The first-order chi connectivity index (χ1) is 7.65. The van der Waals surface area contributed by atoms with Crippen LogP contribution in [0.2, 0.25) is 0 Å². The number of hydrogen-bond acceptors (Lipinski definition) is 4. The van der Waals surface area contributed by atoms with Crippen molar-refractivity contribution in [2.75, 3.05) is 13.7 Å². The number of benzene rings is 1. The molecule has 16 heavy (non-hydrogen) atoms. The molecule has 0 spiro atoms. The first-order valence-electron chi connectivity index (χ1n) is 5.17. The van der Waals surface area contributed by atoms with Crippen molar-refractivity contribution < 1.29 is 14.3 Å². The van der Waals surface area contributed by atoms with Crippen LogP contribution >= 0.6 is 0 Å². The van der Waals surface area contributed by atoms with Crippen LogP contribution in [-0.2, 0) is 26.4 Å². The summed E-state index contributed by atoms with van der Waals surface area (Å²) in [4.78, 5) is 11.3.